The summed E-state index contributed by atoms with van der Waals surface area (Å²) in [6, 6.07) is 1.62. The molecule has 106 valence electrons. The number of hydrogen-bond acceptors (Lipinski definition) is 5. The Bertz CT molecular complexity index is 643. The standard InChI is InChI=1S/C13H16N4O3/c1-13(2,3)20-12(19)14-6-10-7-17-11(16-10)4-9(8-18)5-15-17/h4-5,7-8H,6H2,1-3H3,(H,14,19). The van der Waals surface area contributed by atoms with Crippen LogP contribution < -0.4 is 5.32 Å². The van der Waals surface area contributed by atoms with E-state index in [4.69, 9.17) is 4.74 Å². The van der Waals surface area contributed by atoms with Crippen LogP contribution in [0.1, 0.15) is 36.8 Å². The van der Waals surface area contributed by atoms with E-state index in [0.29, 0.717) is 23.2 Å². The first-order valence-corrected chi connectivity index (χ1v) is 6.14. The van der Waals surface area contributed by atoms with E-state index in [2.05, 4.69) is 15.4 Å². The molecule has 0 radical (unpaired) electrons. The molecule has 1 amide bonds. The lowest BCUT2D eigenvalue weighted by atomic mass is 10.2. The third-order valence-corrected chi connectivity index (χ3v) is 2.34. The normalized spacial score (nSPS) is 11.3. The average molecular weight is 276 g/mol. The minimum absolute atomic E-state index is 0.231. The number of amides is 1. The Morgan fingerprint density at radius 2 is 2.25 bits per heavy atom. The maximum atomic E-state index is 11.5. The van der Waals surface area contributed by atoms with Gasteiger partial charge < -0.3 is 10.1 Å². The number of imidazole rings is 1. The number of rotatable bonds is 3. The van der Waals surface area contributed by atoms with Crippen LogP contribution in [0.3, 0.4) is 0 Å². The Labute approximate surface area is 115 Å². The zero-order valence-corrected chi connectivity index (χ0v) is 11.6. The maximum Gasteiger partial charge on any atom is 0.407 e. The topological polar surface area (TPSA) is 85.6 Å². The number of ether oxygens (including phenoxy) is 1. The van der Waals surface area contributed by atoms with E-state index in [1.807, 2.05) is 0 Å². The third kappa shape index (κ3) is 3.53. The van der Waals surface area contributed by atoms with Crippen LogP contribution in [0.5, 0.6) is 0 Å². The van der Waals surface area contributed by atoms with E-state index in [9.17, 15) is 9.59 Å². The Kier molecular flexibility index (Phi) is 3.69. The molecule has 2 aromatic heterocycles. The molecular weight excluding hydrogens is 260 g/mol. The molecule has 7 heteroatoms. The summed E-state index contributed by atoms with van der Waals surface area (Å²) in [5, 5.41) is 6.65. The molecule has 20 heavy (non-hydrogen) atoms. The van der Waals surface area contributed by atoms with E-state index in [1.165, 1.54) is 6.20 Å². The molecule has 0 aromatic carbocycles. The fourth-order valence-corrected chi connectivity index (χ4v) is 1.57. The predicted octanol–water partition coefficient (Wildman–Crippen LogP) is 1.57. The quantitative estimate of drug-likeness (QED) is 0.860. The van der Waals surface area contributed by atoms with Gasteiger partial charge in [-0.3, -0.25) is 4.79 Å². The molecule has 2 aromatic rings. The van der Waals surface area contributed by atoms with Gasteiger partial charge in [0.15, 0.2) is 11.9 Å². The number of carbonyl (C=O) groups is 2. The number of alkyl carbamates (subject to hydrolysis) is 1. The van der Waals surface area contributed by atoms with Gasteiger partial charge in [0.1, 0.15) is 5.60 Å². The molecule has 0 aliphatic heterocycles. The Balaban J connectivity index is 2.03. The van der Waals surface area contributed by atoms with Crippen LogP contribution in [0.4, 0.5) is 4.79 Å². The van der Waals surface area contributed by atoms with Gasteiger partial charge in [0, 0.05) is 5.56 Å². The Hall–Kier alpha value is -2.44. The van der Waals surface area contributed by atoms with E-state index < -0.39 is 11.7 Å². The molecule has 7 nitrogen and oxygen atoms in total. The molecule has 2 heterocycles. The molecule has 0 fully saturated rings. The highest BCUT2D eigenvalue weighted by molar-refractivity contribution is 5.75. The molecule has 0 spiro atoms. The second-order valence-electron chi connectivity index (χ2n) is 5.30. The molecule has 2 rings (SSSR count). The molecule has 0 saturated heterocycles. The number of aromatic nitrogens is 3. The largest absolute Gasteiger partial charge is 0.444 e. The SMILES string of the molecule is CC(C)(C)OC(=O)NCc1cn2ncc(C=O)cc2n1. The van der Waals surface area contributed by atoms with Crippen molar-refractivity contribution < 1.29 is 14.3 Å². The highest BCUT2D eigenvalue weighted by Gasteiger charge is 2.16. The minimum atomic E-state index is -0.538. The summed E-state index contributed by atoms with van der Waals surface area (Å²) >= 11 is 0. The number of aldehydes is 1. The zero-order valence-electron chi connectivity index (χ0n) is 11.6. The summed E-state index contributed by atoms with van der Waals surface area (Å²) in [7, 11) is 0. The first-order chi connectivity index (χ1) is 9.37. The monoisotopic (exact) mass is 276 g/mol. The van der Waals surface area contributed by atoms with Gasteiger partial charge in [0.05, 0.1) is 24.6 Å². The van der Waals surface area contributed by atoms with Gasteiger partial charge in [-0.25, -0.2) is 14.3 Å². The predicted molar refractivity (Wildman–Crippen MR) is 71.4 cm³/mol. The van der Waals surface area contributed by atoms with Crippen molar-refractivity contribution in [3.8, 4) is 0 Å². The van der Waals surface area contributed by atoms with Crippen LogP contribution >= 0.6 is 0 Å². The summed E-state index contributed by atoms with van der Waals surface area (Å²) in [4.78, 5) is 26.4. The second kappa shape index (κ2) is 5.28. The van der Waals surface area contributed by atoms with Crippen LogP contribution in [0, 0.1) is 0 Å². The Morgan fingerprint density at radius 3 is 2.90 bits per heavy atom. The molecule has 0 aliphatic carbocycles. The highest BCUT2D eigenvalue weighted by atomic mass is 16.6. The molecule has 0 aliphatic rings. The minimum Gasteiger partial charge on any atom is -0.444 e. The second-order valence-corrected chi connectivity index (χ2v) is 5.30. The van der Waals surface area contributed by atoms with Gasteiger partial charge in [-0.15, -0.1) is 0 Å². The fourth-order valence-electron chi connectivity index (χ4n) is 1.57. The summed E-state index contributed by atoms with van der Waals surface area (Å²) < 4.78 is 6.66. The van der Waals surface area contributed by atoms with Crippen LogP contribution in [0.15, 0.2) is 18.5 Å². The van der Waals surface area contributed by atoms with Crippen molar-refractivity contribution in [2.24, 2.45) is 0 Å². The van der Waals surface area contributed by atoms with Crippen molar-refractivity contribution >= 4 is 18.0 Å². The lowest BCUT2D eigenvalue weighted by molar-refractivity contribution is 0.0523. The third-order valence-electron chi connectivity index (χ3n) is 2.34. The van der Waals surface area contributed by atoms with Crippen LogP contribution in [0.2, 0.25) is 0 Å². The van der Waals surface area contributed by atoms with Crippen LogP contribution in [-0.4, -0.2) is 32.6 Å². The van der Waals surface area contributed by atoms with Crippen molar-refractivity contribution in [3.05, 3.63) is 29.7 Å². The molecule has 0 bridgehead atoms. The van der Waals surface area contributed by atoms with Crippen molar-refractivity contribution in [1.29, 1.82) is 0 Å². The number of nitrogens with zero attached hydrogens (tertiary/aromatic N) is 3. The smallest absolute Gasteiger partial charge is 0.407 e. The molecule has 0 atom stereocenters. The number of carbonyl (C=O) groups excluding carboxylic acids is 2. The van der Waals surface area contributed by atoms with Gasteiger partial charge in [0.25, 0.3) is 0 Å². The van der Waals surface area contributed by atoms with E-state index >= 15 is 0 Å². The van der Waals surface area contributed by atoms with Crippen LogP contribution in [-0.2, 0) is 11.3 Å². The molecule has 0 saturated carbocycles. The van der Waals surface area contributed by atoms with E-state index in [-0.39, 0.29) is 6.54 Å². The summed E-state index contributed by atoms with van der Waals surface area (Å²) in [5.74, 6) is 0. The lowest BCUT2D eigenvalue weighted by Gasteiger charge is -2.19. The van der Waals surface area contributed by atoms with Crippen molar-refractivity contribution in [3.63, 3.8) is 0 Å². The van der Waals surface area contributed by atoms with Crippen molar-refractivity contribution in [2.45, 2.75) is 32.9 Å². The highest BCUT2D eigenvalue weighted by Crippen LogP contribution is 2.08. The summed E-state index contributed by atoms with van der Waals surface area (Å²) in [6.45, 7) is 5.61. The molecular formula is C13H16N4O3. The van der Waals surface area contributed by atoms with Gasteiger partial charge in [0.2, 0.25) is 0 Å². The van der Waals surface area contributed by atoms with Gasteiger partial charge in [-0.1, -0.05) is 0 Å². The number of hydrogen-bond donors (Lipinski definition) is 1. The lowest BCUT2D eigenvalue weighted by Crippen LogP contribution is -2.32. The Morgan fingerprint density at radius 1 is 1.50 bits per heavy atom. The van der Waals surface area contributed by atoms with E-state index in [0.717, 1.165) is 0 Å². The zero-order chi connectivity index (χ0) is 14.8. The first-order valence-electron chi connectivity index (χ1n) is 6.14. The van der Waals surface area contributed by atoms with Gasteiger partial charge in [-0.2, -0.15) is 5.10 Å². The van der Waals surface area contributed by atoms with E-state index in [1.54, 1.807) is 37.5 Å². The average Bonchev–Trinajstić information content (AvgIpc) is 2.75. The number of nitrogens with one attached hydrogen (secondary N) is 1. The molecule has 0 unspecified atom stereocenters. The van der Waals surface area contributed by atoms with Crippen molar-refractivity contribution in [2.75, 3.05) is 0 Å². The van der Waals surface area contributed by atoms with Gasteiger partial charge >= 0.3 is 6.09 Å². The van der Waals surface area contributed by atoms with Crippen LogP contribution in [0.25, 0.3) is 5.65 Å². The maximum absolute atomic E-state index is 11.5. The fraction of sp³-hybridized carbons (Fsp3) is 0.385. The summed E-state index contributed by atoms with van der Waals surface area (Å²) in [6.07, 6.45) is 3.34. The number of fused-ring (bicyclic) bond motifs is 1. The first kappa shape index (κ1) is 14.0. The molecule has 1 N–H and O–H groups in total. The summed E-state index contributed by atoms with van der Waals surface area (Å²) in [5.41, 5.74) is 1.10. The van der Waals surface area contributed by atoms with Gasteiger partial charge in [-0.05, 0) is 26.8 Å². The van der Waals surface area contributed by atoms with Crippen molar-refractivity contribution in [1.82, 2.24) is 19.9 Å².